The minimum absolute atomic E-state index is 0.183. The number of hydrogen-bond donors (Lipinski definition) is 1. The van der Waals surface area contributed by atoms with E-state index in [0.29, 0.717) is 6.54 Å². The van der Waals surface area contributed by atoms with E-state index in [2.05, 4.69) is 0 Å². The Morgan fingerprint density at radius 2 is 2.56 bits per heavy atom. The lowest BCUT2D eigenvalue weighted by Gasteiger charge is -2.17. The van der Waals surface area contributed by atoms with Crippen LogP contribution in [0.25, 0.3) is 0 Å². The topological polar surface area (TPSA) is 46.3 Å². The second-order valence-corrected chi connectivity index (χ2v) is 2.16. The number of carbonyl (C=O) groups is 1. The van der Waals surface area contributed by atoms with Crippen LogP contribution in [0.2, 0.25) is 0 Å². The second kappa shape index (κ2) is 2.09. The third-order valence-corrected chi connectivity index (χ3v) is 1.49. The molecular formula is C6H10N2O. The van der Waals surface area contributed by atoms with Gasteiger partial charge in [-0.15, -0.1) is 0 Å². The van der Waals surface area contributed by atoms with Gasteiger partial charge in [0.2, 0.25) is 0 Å². The summed E-state index contributed by atoms with van der Waals surface area (Å²) in [6.45, 7) is 2.60. The van der Waals surface area contributed by atoms with Crippen molar-refractivity contribution in [2.24, 2.45) is 5.73 Å². The van der Waals surface area contributed by atoms with Gasteiger partial charge in [-0.05, 0) is 6.92 Å². The van der Waals surface area contributed by atoms with Gasteiger partial charge in [-0.1, -0.05) is 12.2 Å². The first-order valence-corrected chi connectivity index (χ1v) is 2.94. The Hall–Kier alpha value is -0.990. The number of rotatable bonds is 0. The molecule has 0 fully saturated rings. The number of nitrogens with zero attached hydrogens (tertiary/aromatic N) is 1. The molecule has 0 aromatic heterocycles. The van der Waals surface area contributed by atoms with Crippen molar-refractivity contribution in [2.75, 3.05) is 6.54 Å². The fraction of sp³-hybridized carbons (Fsp3) is 0.500. The molecule has 3 heteroatoms. The maximum Gasteiger partial charge on any atom is 0.315 e. The van der Waals surface area contributed by atoms with Crippen LogP contribution in [0.3, 0.4) is 0 Å². The van der Waals surface area contributed by atoms with Gasteiger partial charge in [-0.2, -0.15) is 0 Å². The van der Waals surface area contributed by atoms with Crippen LogP contribution < -0.4 is 5.73 Å². The van der Waals surface area contributed by atoms with Gasteiger partial charge in [0.25, 0.3) is 0 Å². The molecule has 0 saturated heterocycles. The smallest absolute Gasteiger partial charge is 0.315 e. The zero-order chi connectivity index (χ0) is 6.85. The first kappa shape index (κ1) is 6.13. The van der Waals surface area contributed by atoms with Crippen LogP contribution in [0, 0.1) is 0 Å². The van der Waals surface area contributed by atoms with Crippen molar-refractivity contribution in [3.63, 3.8) is 0 Å². The summed E-state index contributed by atoms with van der Waals surface area (Å²) in [5, 5.41) is 0. The Labute approximate surface area is 54.1 Å². The van der Waals surface area contributed by atoms with Gasteiger partial charge in [-0.25, -0.2) is 4.79 Å². The average molecular weight is 126 g/mol. The van der Waals surface area contributed by atoms with E-state index < -0.39 is 0 Å². The van der Waals surface area contributed by atoms with E-state index >= 15 is 0 Å². The van der Waals surface area contributed by atoms with E-state index in [1.54, 1.807) is 4.90 Å². The summed E-state index contributed by atoms with van der Waals surface area (Å²) in [5.74, 6) is 0. The van der Waals surface area contributed by atoms with Crippen LogP contribution in [-0.2, 0) is 0 Å². The number of hydrogen-bond acceptors (Lipinski definition) is 1. The first-order chi connectivity index (χ1) is 4.22. The number of primary amides is 1. The fourth-order valence-electron chi connectivity index (χ4n) is 0.932. The highest BCUT2D eigenvalue weighted by atomic mass is 16.2. The van der Waals surface area contributed by atoms with E-state index in [4.69, 9.17) is 5.73 Å². The van der Waals surface area contributed by atoms with Gasteiger partial charge in [-0.3, -0.25) is 0 Å². The molecule has 1 atom stereocenters. The number of amides is 2. The van der Waals surface area contributed by atoms with Crippen molar-refractivity contribution in [1.82, 2.24) is 4.90 Å². The number of nitrogens with two attached hydrogens (primary N) is 1. The summed E-state index contributed by atoms with van der Waals surface area (Å²) in [6.07, 6.45) is 3.90. The van der Waals surface area contributed by atoms with Crippen molar-refractivity contribution in [1.29, 1.82) is 0 Å². The van der Waals surface area contributed by atoms with Crippen LogP contribution in [0.1, 0.15) is 6.92 Å². The molecule has 3 nitrogen and oxygen atoms in total. The van der Waals surface area contributed by atoms with Crippen molar-refractivity contribution < 1.29 is 4.79 Å². The van der Waals surface area contributed by atoms with Gasteiger partial charge in [0.15, 0.2) is 0 Å². The molecule has 1 aliphatic heterocycles. The van der Waals surface area contributed by atoms with Crippen LogP contribution in [0.4, 0.5) is 4.79 Å². The lowest BCUT2D eigenvalue weighted by molar-refractivity contribution is 0.209. The lowest BCUT2D eigenvalue weighted by Crippen LogP contribution is -2.38. The number of urea groups is 1. The Morgan fingerprint density at radius 3 is 2.78 bits per heavy atom. The van der Waals surface area contributed by atoms with E-state index in [1.807, 2.05) is 19.1 Å². The van der Waals surface area contributed by atoms with Crippen LogP contribution in [-0.4, -0.2) is 23.5 Å². The molecular weight excluding hydrogens is 116 g/mol. The molecule has 0 aromatic carbocycles. The molecule has 1 heterocycles. The zero-order valence-corrected chi connectivity index (χ0v) is 5.37. The molecule has 1 unspecified atom stereocenters. The van der Waals surface area contributed by atoms with Crippen LogP contribution in [0.5, 0.6) is 0 Å². The fourth-order valence-corrected chi connectivity index (χ4v) is 0.932. The van der Waals surface area contributed by atoms with Crippen molar-refractivity contribution in [2.45, 2.75) is 13.0 Å². The SMILES string of the molecule is CC1C=CCN1C(N)=O. The quantitative estimate of drug-likeness (QED) is 0.467. The predicted octanol–water partition coefficient (Wildman–Crippen LogP) is 0.325. The highest BCUT2D eigenvalue weighted by molar-refractivity contribution is 5.73. The van der Waals surface area contributed by atoms with E-state index in [9.17, 15) is 4.79 Å². The van der Waals surface area contributed by atoms with E-state index in [-0.39, 0.29) is 12.1 Å². The van der Waals surface area contributed by atoms with E-state index in [1.165, 1.54) is 0 Å². The highest BCUT2D eigenvalue weighted by Gasteiger charge is 2.17. The Bertz CT molecular complexity index is 153. The molecule has 2 N–H and O–H groups in total. The largest absolute Gasteiger partial charge is 0.351 e. The predicted molar refractivity (Wildman–Crippen MR) is 34.9 cm³/mol. The summed E-state index contributed by atoms with van der Waals surface area (Å²) < 4.78 is 0. The summed E-state index contributed by atoms with van der Waals surface area (Å²) in [4.78, 5) is 12.1. The molecule has 1 rings (SSSR count). The first-order valence-electron chi connectivity index (χ1n) is 2.94. The molecule has 0 aromatic rings. The monoisotopic (exact) mass is 126 g/mol. The molecule has 1 aliphatic rings. The van der Waals surface area contributed by atoms with Gasteiger partial charge >= 0.3 is 6.03 Å². The standard InChI is InChI=1S/C6H10N2O/c1-5-3-2-4-8(5)6(7)9/h2-3,5H,4H2,1H3,(H2,7,9). The third-order valence-electron chi connectivity index (χ3n) is 1.49. The van der Waals surface area contributed by atoms with Crippen LogP contribution in [0.15, 0.2) is 12.2 Å². The summed E-state index contributed by atoms with van der Waals surface area (Å²) >= 11 is 0. The normalized spacial score (nSPS) is 25.0. The maximum absolute atomic E-state index is 10.5. The third kappa shape index (κ3) is 1.04. The van der Waals surface area contributed by atoms with Gasteiger partial charge in [0.1, 0.15) is 0 Å². The summed E-state index contributed by atoms with van der Waals surface area (Å²) in [7, 11) is 0. The Balaban J connectivity index is 2.55. The van der Waals surface area contributed by atoms with Gasteiger partial charge < -0.3 is 10.6 Å². The molecule has 0 spiro atoms. The zero-order valence-electron chi connectivity index (χ0n) is 5.37. The van der Waals surface area contributed by atoms with Gasteiger partial charge in [0.05, 0.1) is 0 Å². The minimum Gasteiger partial charge on any atom is -0.351 e. The molecule has 50 valence electrons. The second-order valence-electron chi connectivity index (χ2n) is 2.16. The molecule has 0 saturated carbocycles. The van der Waals surface area contributed by atoms with Crippen LogP contribution >= 0.6 is 0 Å². The molecule has 0 bridgehead atoms. The Morgan fingerprint density at radius 1 is 1.89 bits per heavy atom. The highest BCUT2D eigenvalue weighted by Crippen LogP contribution is 2.06. The molecule has 0 radical (unpaired) electrons. The van der Waals surface area contributed by atoms with Gasteiger partial charge in [0, 0.05) is 12.6 Å². The molecule has 0 aliphatic carbocycles. The molecule has 2 amide bonds. The lowest BCUT2D eigenvalue weighted by atomic mass is 10.3. The van der Waals surface area contributed by atoms with Crippen molar-refractivity contribution in [3.8, 4) is 0 Å². The number of carbonyl (C=O) groups excluding carboxylic acids is 1. The average Bonchev–Trinajstić information content (AvgIpc) is 2.13. The summed E-state index contributed by atoms with van der Waals surface area (Å²) in [5.41, 5.74) is 5.04. The van der Waals surface area contributed by atoms with E-state index in [0.717, 1.165) is 0 Å². The van der Waals surface area contributed by atoms with Crippen molar-refractivity contribution >= 4 is 6.03 Å². The minimum atomic E-state index is -0.340. The summed E-state index contributed by atoms with van der Waals surface area (Å²) in [6, 6.07) is -0.157. The van der Waals surface area contributed by atoms with Crippen molar-refractivity contribution in [3.05, 3.63) is 12.2 Å². The maximum atomic E-state index is 10.5. The molecule has 9 heavy (non-hydrogen) atoms. The Kier molecular flexibility index (Phi) is 1.42.